The molecular weight excluding hydrogens is 412 g/mol. The van der Waals surface area contributed by atoms with E-state index >= 15 is 0 Å². The molecular formula is C22H28N6O4. The first kappa shape index (κ1) is 21.2. The summed E-state index contributed by atoms with van der Waals surface area (Å²) in [5, 5.41) is 31.7. The fourth-order valence-corrected chi connectivity index (χ4v) is 5.01. The lowest BCUT2D eigenvalue weighted by Crippen LogP contribution is -2.45. The van der Waals surface area contributed by atoms with Crippen LogP contribution in [0.25, 0.3) is 5.69 Å². The second-order valence-electron chi connectivity index (χ2n) is 8.94. The third-order valence-electron chi connectivity index (χ3n) is 7.18. The normalized spacial score (nSPS) is 24.7. The molecule has 2 saturated heterocycles. The first-order chi connectivity index (χ1) is 15.5. The number of β-amino-alcohol motifs (C(OH)–C–C–N with tert-alkyl or cyclic N) is 1. The molecule has 0 radical (unpaired) electrons. The Bertz CT molecular complexity index is 998. The van der Waals surface area contributed by atoms with Gasteiger partial charge in [0, 0.05) is 18.7 Å². The van der Waals surface area contributed by atoms with Gasteiger partial charge in [0.15, 0.2) is 6.29 Å². The van der Waals surface area contributed by atoms with Gasteiger partial charge in [-0.25, -0.2) is 4.68 Å². The number of piperidine rings is 1. The number of amides is 1. The Labute approximate surface area is 186 Å². The van der Waals surface area contributed by atoms with Crippen LogP contribution in [0.5, 0.6) is 0 Å². The molecule has 170 valence electrons. The molecule has 0 bridgehead atoms. The quantitative estimate of drug-likeness (QED) is 0.696. The van der Waals surface area contributed by atoms with E-state index in [1.807, 2.05) is 36.1 Å². The van der Waals surface area contributed by atoms with E-state index in [1.165, 1.54) is 6.33 Å². The summed E-state index contributed by atoms with van der Waals surface area (Å²) in [6.07, 6.45) is 2.41. The van der Waals surface area contributed by atoms with E-state index in [-0.39, 0.29) is 11.3 Å². The fourth-order valence-electron chi connectivity index (χ4n) is 5.01. The van der Waals surface area contributed by atoms with Crippen molar-refractivity contribution < 1.29 is 19.7 Å². The van der Waals surface area contributed by atoms with Crippen LogP contribution in [0, 0.1) is 5.41 Å². The molecule has 10 nitrogen and oxygen atoms in total. The number of carbonyl (C=O) groups excluding carboxylic acids is 1. The molecule has 2 aromatic rings. The molecule has 0 aliphatic carbocycles. The fraction of sp³-hybridized carbons (Fsp3) is 0.545. The summed E-state index contributed by atoms with van der Waals surface area (Å²) < 4.78 is 6.85. The topological polar surface area (TPSA) is 117 Å². The summed E-state index contributed by atoms with van der Waals surface area (Å²) in [5.74, 6) is 0.155. The smallest absolute Gasteiger partial charge is 0.233 e. The van der Waals surface area contributed by atoms with E-state index in [2.05, 4.69) is 20.4 Å². The van der Waals surface area contributed by atoms with E-state index < -0.39 is 12.4 Å². The highest BCUT2D eigenvalue weighted by atomic mass is 16.6. The largest absolute Gasteiger partial charge is 0.387 e. The molecule has 5 rings (SSSR count). The maximum absolute atomic E-state index is 13.3. The number of benzene rings is 1. The highest BCUT2D eigenvalue weighted by Gasteiger charge is 2.49. The van der Waals surface area contributed by atoms with Crippen molar-refractivity contribution in [3.63, 3.8) is 0 Å². The van der Waals surface area contributed by atoms with Gasteiger partial charge in [0.2, 0.25) is 5.91 Å². The van der Waals surface area contributed by atoms with Crippen LogP contribution in [0.15, 0.2) is 41.9 Å². The Morgan fingerprint density at radius 3 is 2.53 bits per heavy atom. The van der Waals surface area contributed by atoms with Crippen molar-refractivity contribution in [3.05, 3.63) is 47.4 Å². The number of hydrogen-bond donors (Lipinski definition) is 2. The second kappa shape index (κ2) is 8.36. The van der Waals surface area contributed by atoms with Gasteiger partial charge in [0.1, 0.15) is 6.33 Å². The maximum Gasteiger partial charge on any atom is 0.233 e. The Balaban J connectivity index is 1.18. The van der Waals surface area contributed by atoms with Crippen molar-refractivity contribution >= 4 is 5.91 Å². The Morgan fingerprint density at radius 1 is 1.19 bits per heavy atom. The van der Waals surface area contributed by atoms with Gasteiger partial charge in [-0.1, -0.05) is 12.1 Å². The van der Waals surface area contributed by atoms with Crippen LogP contribution < -0.4 is 0 Å². The first-order valence-electron chi connectivity index (χ1n) is 11.0. The number of rotatable bonds is 5. The zero-order valence-electron chi connectivity index (χ0n) is 18.1. The Hall–Kier alpha value is -2.66. The van der Waals surface area contributed by atoms with Gasteiger partial charge in [0.25, 0.3) is 0 Å². The van der Waals surface area contributed by atoms with Crippen LogP contribution >= 0.6 is 0 Å². The molecule has 2 N–H and O–H groups in total. The van der Waals surface area contributed by atoms with Crippen LogP contribution in [-0.2, 0) is 9.53 Å². The average molecular weight is 441 g/mol. The minimum absolute atomic E-state index is 0.155. The van der Waals surface area contributed by atoms with Gasteiger partial charge in [0.05, 0.1) is 29.5 Å². The number of aliphatic hydroxyl groups is 2. The summed E-state index contributed by atoms with van der Waals surface area (Å²) in [7, 11) is 0. The minimum atomic E-state index is -0.903. The lowest BCUT2D eigenvalue weighted by molar-refractivity contribution is -0.137. The van der Waals surface area contributed by atoms with Crippen molar-refractivity contribution in [3.8, 4) is 5.69 Å². The van der Waals surface area contributed by atoms with Gasteiger partial charge >= 0.3 is 0 Å². The van der Waals surface area contributed by atoms with Crippen LogP contribution in [0.3, 0.4) is 0 Å². The number of hydrogen-bond acceptors (Lipinski definition) is 8. The van der Waals surface area contributed by atoms with Gasteiger partial charge in [-0.15, -0.1) is 5.10 Å². The Kier molecular flexibility index (Phi) is 5.54. The average Bonchev–Trinajstić information content (AvgIpc) is 3.53. The molecule has 1 unspecified atom stereocenters. The van der Waals surface area contributed by atoms with Crippen LogP contribution in [0.2, 0.25) is 0 Å². The molecule has 4 heterocycles. The number of aromatic nitrogens is 4. The van der Waals surface area contributed by atoms with Crippen molar-refractivity contribution in [1.82, 2.24) is 30.0 Å². The SMILES string of the molecule is CC1=C(N2CCC3(CCN(C[C@@H](O)c4ccc(-n5cnnn5)cc4)CC3)C2=O)COC1O. The molecule has 0 saturated carbocycles. The summed E-state index contributed by atoms with van der Waals surface area (Å²) in [5.41, 5.74) is 2.90. The molecule has 32 heavy (non-hydrogen) atoms. The first-order valence-corrected chi connectivity index (χ1v) is 11.0. The molecule has 1 aromatic heterocycles. The molecule has 1 amide bonds. The van der Waals surface area contributed by atoms with E-state index in [0.717, 1.165) is 54.9 Å². The minimum Gasteiger partial charge on any atom is -0.387 e. The number of ether oxygens (including phenoxy) is 1. The van der Waals surface area contributed by atoms with E-state index in [1.54, 1.807) is 4.68 Å². The summed E-state index contributed by atoms with van der Waals surface area (Å²) in [6.45, 7) is 4.87. The van der Waals surface area contributed by atoms with Crippen LogP contribution in [0.1, 0.15) is 37.9 Å². The van der Waals surface area contributed by atoms with E-state index in [4.69, 9.17) is 4.74 Å². The third kappa shape index (κ3) is 3.73. The molecule has 10 heteroatoms. The van der Waals surface area contributed by atoms with Crippen molar-refractivity contribution in [1.29, 1.82) is 0 Å². The van der Waals surface area contributed by atoms with Gasteiger partial charge in [-0.3, -0.25) is 4.79 Å². The maximum atomic E-state index is 13.3. The van der Waals surface area contributed by atoms with Crippen LogP contribution in [0.4, 0.5) is 0 Å². The molecule has 3 aliphatic heterocycles. The number of tetrazole rings is 1. The van der Waals surface area contributed by atoms with Crippen molar-refractivity contribution in [2.75, 3.05) is 32.8 Å². The summed E-state index contributed by atoms with van der Waals surface area (Å²) in [4.78, 5) is 17.3. The molecule has 3 aliphatic rings. The molecule has 1 spiro atoms. The zero-order chi connectivity index (χ0) is 22.3. The number of likely N-dealkylation sites (tertiary alicyclic amines) is 2. The lowest BCUT2D eigenvalue weighted by atomic mass is 9.77. The number of aliphatic hydroxyl groups excluding tert-OH is 2. The lowest BCUT2D eigenvalue weighted by Gasteiger charge is -2.38. The summed E-state index contributed by atoms with van der Waals surface area (Å²) >= 11 is 0. The van der Waals surface area contributed by atoms with E-state index in [9.17, 15) is 15.0 Å². The van der Waals surface area contributed by atoms with Gasteiger partial charge < -0.3 is 24.7 Å². The standard InChI is InChI=1S/C22H28N6O4/c1-15-18(13-32-20(15)30)27-11-8-22(21(27)31)6-9-26(10-7-22)12-19(29)16-2-4-17(5-3-16)28-14-23-24-25-28/h2-5,14,19-20,29-30H,6-13H2,1H3/t19-,20?/m1/s1. The third-order valence-corrected chi connectivity index (χ3v) is 7.18. The van der Waals surface area contributed by atoms with E-state index in [0.29, 0.717) is 19.7 Å². The van der Waals surface area contributed by atoms with Crippen molar-refractivity contribution in [2.45, 2.75) is 38.6 Å². The van der Waals surface area contributed by atoms with Gasteiger partial charge in [-0.2, -0.15) is 0 Å². The monoisotopic (exact) mass is 440 g/mol. The van der Waals surface area contributed by atoms with Gasteiger partial charge in [-0.05, 0) is 67.4 Å². The zero-order valence-corrected chi connectivity index (χ0v) is 18.1. The summed E-state index contributed by atoms with van der Waals surface area (Å²) in [6, 6.07) is 7.54. The molecule has 2 fully saturated rings. The van der Waals surface area contributed by atoms with Crippen LogP contribution in [-0.4, -0.2) is 85.2 Å². The number of nitrogens with zero attached hydrogens (tertiary/aromatic N) is 6. The highest BCUT2D eigenvalue weighted by molar-refractivity contribution is 5.86. The predicted octanol–water partition coefficient (Wildman–Crippen LogP) is 0.633. The molecule has 2 atom stereocenters. The number of carbonyl (C=O) groups is 1. The predicted molar refractivity (Wildman–Crippen MR) is 113 cm³/mol. The molecule has 1 aromatic carbocycles. The Morgan fingerprint density at radius 2 is 1.91 bits per heavy atom. The second-order valence-corrected chi connectivity index (χ2v) is 8.94. The highest BCUT2D eigenvalue weighted by Crippen LogP contribution is 2.44. The van der Waals surface area contributed by atoms with Crippen molar-refractivity contribution in [2.24, 2.45) is 5.41 Å².